The van der Waals surface area contributed by atoms with Crippen LogP contribution in [0.5, 0.6) is 0 Å². The van der Waals surface area contributed by atoms with E-state index in [1.807, 2.05) is 6.08 Å². The quantitative estimate of drug-likeness (QED) is 0.0328. The number of carbonyl (C=O) groups is 1. The molecule has 0 heterocycles. The van der Waals surface area contributed by atoms with Gasteiger partial charge in [0.05, 0.1) is 25.4 Å². The molecule has 0 saturated heterocycles. The Morgan fingerprint density at radius 1 is 0.750 bits per heavy atom. The average molecular weight is 643 g/mol. The van der Waals surface area contributed by atoms with Crippen LogP contribution in [-0.2, 0) is 18.4 Å². The fourth-order valence-corrected chi connectivity index (χ4v) is 5.51. The van der Waals surface area contributed by atoms with E-state index in [0.29, 0.717) is 6.42 Å². The first-order valence-corrected chi connectivity index (χ1v) is 19.1. The number of phosphoric acid groups is 1. The van der Waals surface area contributed by atoms with Gasteiger partial charge in [0.15, 0.2) is 0 Å². The smallest absolute Gasteiger partial charge is 0.387 e. The highest BCUT2D eigenvalue weighted by Crippen LogP contribution is 2.43. The van der Waals surface area contributed by atoms with Crippen molar-refractivity contribution in [3.8, 4) is 0 Å². The molecule has 258 valence electrons. The number of aliphatic hydroxyl groups excluding tert-OH is 1. The summed E-state index contributed by atoms with van der Waals surface area (Å²) in [5.74, 6) is -0.213. The largest absolute Gasteiger partial charge is 0.472 e. The number of nitrogens with two attached hydrogens (primary N) is 1. The lowest BCUT2D eigenvalue weighted by Crippen LogP contribution is -2.45. The molecule has 0 fully saturated rings. The Morgan fingerprint density at radius 2 is 1.30 bits per heavy atom. The summed E-state index contributed by atoms with van der Waals surface area (Å²) in [6.07, 6.45) is 34.7. The summed E-state index contributed by atoms with van der Waals surface area (Å²) in [5, 5.41) is 13.5. The van der Waals surface area contributed by atoms with Crippen molar-refractivity contribution in [3.63, 3.8) is 0 Å². The molecule has 0 radical (unpaired) electrons. The number of unbranched alkanes of at least 4 members (excludes halogenated alkanes) is 16. The standard InChI is InChI=1S/C35H67N2O6P/c1-3-5-7-9-11-13-15-17-19-21-23-25-27-29-35(39)37-33(32-43-44(40,41)42-31-30-36)34(38)28-26-24-22-20-18-16-14-12-10-8-6-4-2/h7,9,13,15,26,28,33-34,38H,3-6,8,10-12,14,16-25,27,29-32,36H2,1-2H3,(H,37,39)(H,40,41)/b9-7-,15-13-,28-26+. The summed E-state index contributed by atoms with van der Waals surface area (Å²) in [6.45, 7) is 4.02. The Bertz CT molecular complexity index is 789. The molecule has 0 saturated carbocycles. The van der Waals surface area contributed by atoms with E-state index in [0.717, 1.165) is 70.6 Å². The maximum Gasteiger partial charge on any atom is 0.472 e. The van der Waals surface area contributed by atoms with Crippen molar-refractivity contribution in [2.24, 2.45) is 5.73 Å². The fourth-order valence-electron chi connectivity index (χ4n) is 4.76. The van der Waals surface area contributed by atoms with Gasteiger partial charge < -0.3 is 21.1 Å². The van der Waals surface area contributed by atoms with Gasteiger partial charge in [0.1, 0.15) is 0 Å². The minimum Gasteiger partial charge on any atom is -0.387 e. The molecule has 0 aromatic rings. The summed E-state index contributed by atoms with van der Waals surface area (Å²) >= 11 is 0. The SMILES string of the molecule is CCC/C=C\C/C=C\CCCCCCCC(=O)NC(COP(=O)(O)OCCN)C(O)/C=C/CCCCCCCCCCCC. The molecular weight excluding hydrogens is 575 g/mol. The number of nitrogens with one attached hydrogen (secondary N) is 1. The van der Waals surface area contributed by atoms with E-state index in [-0.39, 0.29) is 25.7 Å². The average Bonchev–Trinajstić information content (AvgIpc) is 3.01. The number of phosphoric ester groups is 1. The summed E-state index contributed by atoms with van der Waals surface area (Å²) in [5.41, 5.74) is 5.34. The summed E-state index contributed by atoms with van der Waals surface area (Å²) in [7, 11) is -4.33. The van der Waals surface area contributed by atoms with Crippen LogP contribution in [0.15, 0.2) is 36.5 Å². The van der Waals surface area contributed by atoms with Gasteiger partial charge in [-0.1, -0.05) is 134 Å². The zero-order valence-corrected chi connectivity index (χ0v) is 29.0. The number of rotatable bonds is 32. The van der Waals surface area contributed by atoms with Crippen molar-refractivity contribution in [3.05, 3.63) is 36.5 Å². The van der Waals surface area contributed by atoms with Gasteiger partial charge in [-0.05, 0) is 44.9 Å². The van der Waals surface area contributed by atoms with Crippen molar-refractivity contribution < 1.29 is 28.4 Å². The number of allylic oxidation sites excluding steroid dienone is 5. The Hall–Kier alpha value is -1.28. The lowest BCUT2D eigenvalue weighted by Gasteiger charge is -2.23. The summed E-state index contributed by atoms with van der Waals surface area (Å²) in [4.78, 5) is 22.5. The molecule has 0 aliphatic heterocycles. The molecule has 0 rings (SSSR count). The van der Waals surface area contributed by atoms with Crippen LogP contribution in [0.25, 0.3) is 0 Å². The first-order chi connectivity index (χ1) is 21.4. The van der Waals surface area contributed by atoms with E-state index in [9.17, 15) is 19.4 Å². The van der Waals surface area contributed by atoms with Crippen molar-refractivity contribution >= 4 is 13.7 Å². The highest BCUT2D eigenvalue weighted by atomic mass is 31.2. The first kappa shape index (κ1) is 42.7. The molecule has 0 bridgehead atoms. The number of amides is 1. The third-order valence-electron chi connectivity index (χ3n) is 7.44. The molecule has 3 atom stereocenters. The lowest BCUT2D eigenvalue weighted by atomic mass is 10.1. The van der Waals surface area contributed by atoms with Crippen LogP contribution in [0.4, 0.5) is 0 Å². The van der Waals surface area contributed by atoms with Gasteiger partial charge in [-0.25, -0.2) is 4.57 Å². The van der Waals surface area contributed by atoms with Gasteiger partial charge in [-0.3, -0.25) is 13.8 Å². The Balaban J connectivity index is 4.41. The topological polar surface area (TPSA) is 131 Å². The van der Waals surface area contributed by atoms with Crippen LogP contribution in [0.2, 0.25) is 0 Å². The number of carbonyl (C=O) groups excluding carboxylic acids is 1. The molecule has 0 aliphatic rings. The molecule has 9 heteroatoms. The fraction of sp³-hybridized carbons (Fsp3) is 0.800. The van der Waals surface area contributed by atoms with Crippen molar-refractivity contribution in [2.45, 2.75) is 161 Å². The third kappa shape index (κ3) is 29.4. The second kappa shape index (κ2) is 31.7. The van der Waals surface area contributed by atoms with E-state index in [1.165, 1.54) is 57.8 Å². The lowest BCUT2D eigenvalue weighted by molar-refractivity contribution is -0.123. The second-order valence-electron chi connectivity index (χ2n) is 11.7. The van der Waals surface area contributed by atoms with Crippen LogP contribution < -0.4 is 11.1 Å². The molecule has 44 heavy (non-hydrogen) atoms. The van der Waals surface area contributed by atoms with Crippen LogP contribution in [0, 0.1) is 0 Å². The number of hydrogen-bond donors (Lipinski definition) is 4. The molecule has 3 unspecified atom stereocenters. The molecular formula is C35H67N2O6P. The maximum absolute atomic E-state index is 12.6. The highest BCUT2D eigenvalue weighted by molar-refractivity contribution is 7.47. The summed E-state index contributed by atoms with van der Waals surface area (Å²) < 4.78 is 22.0. The minimum absolute atomic E-state index is 0.0752. The number of hydrogen-bond acceptors (Lipinski definition) is 6. The van der Waals surface area contributed by atoms with E-state index in [1.54, 1.807) is 6.08 Å². The minimum atomic E-state index is -4.33. The maximum atomic E-state index is 12.6. The third-order valence-corrected chi connectivity index (χ3v) is 8.43. The van der Waals surface area contributed by atoms with Crippen LogP contribution in [0.3, 0.4) is 0 Å². The second-order valence-corrected chi connectivity index (χ2v) is 13.2. The van der Waals surface area contributed by atoms with Gasteiger partial charge in [-0.15, -0.1) is 0 Å². The molecule has 0 aliphatic carbocycles. The predicted octanol–water partition coefficient (Wildman–Crippen LogP) is 8.82. The van der Waals surface area contributed by atoms with Gasteiger partial charge in [-0.2, -0.15) is 0 Å². The molecule has 8 nitrogen and oxygen atoms in total. The van der Waals surface area contributed by atoms with Gasteiger partial charge >= 0.3 is 7.82 Å². The highest BCUT2D eigenvalue weighted by Gasteiger charge is 2.26. The Kier molecular flexibility index (Phi) is 30.8. The summed E-state index contributed by atoms with van der Waals surface area (Å²) in [6, 6.07) is -0.864. The van der Waals surface area contributed by atoms with Crippen molar-refractivity contribution in [1.82, 2.24) is 5.32 Å². The normalized spacial score (nSPS) is 14.9. The van der Waals surface area contributed by atoms with Gasteiger partial charge in [0, 0.05) is 13.0 Å². The monoisotopic (exact) mass is 642 g/mol. The van der Waals surface area contributed by atoms with Crippen LogP contribution >= 0.6 is 7.82 Å². The molecule has 0 aromatic carbocycles. The molecule has 1 amide bonds. The van der Waals surface area contributed by atoms with E-state index in [4.69, 9.17) is 14.8 Å². The predicted molar refractivity (Wildman–Crippen MR) is 184 cm³/mol. The first-order valence-electron chi connectivity index (χ1n) is 17.6. The number of aliphatic hydroxyl groups is 1. The zero-order valence-electron chi connectivity index (χ0n) is 28.1. The van der Waals surface area contributed by atoms with Crippen LogP contribution in [-0.4, -0.2) is 47.8 Å². The Morgan fingerprint density at radius 3 is 1.89 bits per heavy atom. The van der Waals surface area contributed by atoms with Gasteiger partial charge in [0.2, 0.25) is 5.91 Å². The Labute approximate surface area is 269 Å². The van der Waals surface area contributed by atoms with Gasteiger partial charge in [0.25, 0.3) is 0 Å². The van der Waals surface area contributed by atoms with Crippen LogP contribution in [0.1, 0.15) is 149 Å². The molecule has 0 aromatic heterocycles. The van der Waals surface area contributed by atoms with Crippen molar-refractivity contribution in [1.29, 1.82) is 0 Å². The molecule has 5 N–H and O–H groups in total. The van der Waals surface area contributed by atoms with Crippen molar-refractivity contribution in [2.75, 3.05) is 19.8 Å². The van der Waals surface area contributed by atoms with E-state index >= 15 is 0 Å². The molecule has 0 spiro atoms. The van der Waals surface area contributed by atoms with E-state index < -0.39 is 20.0 Å². The van der Waals surface area contributed by atoms with E-state index in [2.05, 4.69) is 43.5 Å². The zero-order chi connectivity index (χ0) is 32.6.